The van der Waals surface area contributed by atoms with Crippen LogP contribution in [0, 0.1) is 11.6 Å². The lowest BCUT2D eigenvalue weighted by Gasteiger charge is -2.24. The van der Waals surface area contributed by atoms with Crippen molar-refractivity contribution in [2.45, 2.75) is 25.1 Å². The molecule has 2 atom stereocenters. The number of nitrogens with zero attached hydrogens (tertiary/aromatic N) is 1. The molecule has 1 aliphatic rings. The van der Waals surface area contributed by atoms with Crippen molar-refractivity contribution in [3.63, 3.8) is 0 Å². The number of thiophene rings is 1. The molecule has 1 saturated heterocycles. The molecule has 2 aromatic rings. The summed E-state index contributed by atoms with van der Waals surface area (Å²) in [6.45, 7) is 1.12. The van der Waals surface area contributed by atoms with Crippen molar-refractivity contribution >= 4 is 11.3 Å². The molecule has 0 amide bonds. The maximum atomic E-state index is 13.9. The molecule has 1 aromatic carbocycles. The predicted octanol–water partition coefficient (Wildman–Crippen LogP) is 3.33. The summed E-state index contributed by atoms with van der Waals surface area (Å²) in [5, 5.41) is 13.9. The largest absolute Gasteiger partial charge is 0.392 e. The minimum atomic E-state index is -0.499. The average Bonchev–Trinajstić information content (AvgIpc) is 3.03. The van der Waals surface area contributed by atoms with Crippen LogP contribution in [-0.2, 0) is 6.54 Å². The van der Waals surface area contributed by atoms with Gasteiger partial charge in [0.25, 0.3) is 0 Å². The number of rotatable bonds is 3. The van der Waals surface area contributed by atoms with E-state index in [1.807, 2.05) is 21.7 Å². The molecule has 1 aromatic heterocycles. The molecule has 2 nitrogen and oxygen atoms in total. The van der Waals surface area contributed by atoms with Crippen molar-refractivity contribution in [2.24, 2.45) is 0 Å². The van der Waals surface area contributed by atoms with Gasteiger partial charge in [0.15, 0.2) is 0 Å². The van der Waals surface area contributed by atoms with Gasteiger partial charge in [-0.2, -0.15) is 11.3 Å². The smallest absolute Gasteiger partial charge is 0.128 e. The Hall–Kier alpha value is -1.30. The lowest BCUT2D eigenvalue weighted by atomic mass is 10.0. The third kappa shape index (κ3) is 2.75. The van der Waals surface area contributed by atoms with E-state index in [2.05, 4.69) is 0 Å². The predicted molar refractivity (Wildman–Crippen MR) is 74.5 cm³/mol. The fourth-order valence-electron chi connectivity index (χ4n) is 2.76. The molecule has 1 fully saturated rings. The van der Waals surface area contributed by atoms with Crippen LogP contribution in [0.3, 0.4) is 0 Å². The van der Waals surface area contributed by atoms with Crippen LogP contribution in [0.5, 0.6) is 0 Å². The highest BCUT2D eigenvalue weighted by molar-refractivity contribution is 7.07. The molecule has 0 spiro atoms. The minimum Gasteiger partial charge on any atom is -0.392 e. The fraction of sp³-hybridized carbons (Fsp3) is 0.333. The molecule has 106 valence electrons. The van der Waals surface area contributed by atoms with Gasteiger partial charge in [-0.1, -0.05) is 0 Å². The second kappa shape index (κ2) is 5.60. The van der Waals surface area contributed by atoms with Gasteiger partial charge in [0.1, 0.15) is 11.6 Å². The van der Waals surface area contributed by atoms with Gasteiger partial charge in [-0.15, -0.1) is 0 Å². The van der Waals surface area contributed by atoms with Gasteiger partial charge >= 0.3 is 0 Å². The number of β-amino-alcohol motifs (C(OH)–C–C–N with tert-alkyl or cyclic N) is 1. The molecule has 3 rings (SSSR count). The molecule has 20 heavy (non-hydrogen) atoms. The van der Waals surface area contributed by atoms with Crippen molar-refractivity contribution in [3.8, 4) is 0 Å². The number of aliphatic hydroxyl groups excluding tert-OH is 1. The zero-order valence-electron chi connectivity index (χ0n) is 10.8. The Morgan fingerprint density at radius 2 is 2.15 bits per heavy atom. The minimum absolute atomic E-state index is 0.277. The van der Waals surface area contributed by atoms with Crippen molar-refractivity contribution in [1.29, 1.82) is 0 Å². The van der Waals surface area contributed by atoms with E-state index in [0.29, 0.717) is 25.1 Å². The van der Waals surface area contributed by atoms with Gasteiger partial charge in [0.05, 0.1) is 6.10 Å². The van der Waals surface area contributed by atoms with Crippen LogP contribution in [0.1, 0.15) is 23.6 Å². The highest BCUT2D eigenvalue weighted by atomic mass is 32.1. The standard InChI is InChI=1S/C15H15F2NOS/c16-11-1-2-14(17)13(5-11)15-6-12(19)8-18(15)7-10-3-4-20-9-10/h1-5,9,12,15,19H,6-8H2. The zero-order chi connectivity index (χ0) is 14.1. The molecule has 0 saturated carbocycles. The number of halogens is 2. The second-order valence-corrected chi connectivity index (χ2v) is 5.91. The van der Waals surface area contributed by atoms with E-state index in [-0.39, 0.29) is 6.04 Å². The van der Waals surface area contributed by atoms with Crippen LogP contribution in [0.15, 0.2) is 35.0 Å². The normalized spacial score (nSPS) is 23.4. The van der Waals surface area contributed by atoms with Crippen LogP contribution >= 0.6 is 11.3 Å². The maximum Gasteiger partial charge on any atom is 0.128 e. The number of benzene rings is 1. The van der Waals surface area contributed by atoms with Crippen LogP contribution in [0.4, 0.5) is 8.78 Å². The van der Waals surface area contributed by atoms with Crippen molar-refractivity contribution < 1.29 is 13.9 Å². The van der Waals surface area contributed by atoms with Crippen LogP contribution in [-0.4, -0.2) is 22.7 Å². The molecule has 2 unspecified atom stereocenters. The molecule has 0 bridgehead atoms. The number of hydrogen-bond donors (Lipinski definition) is 1. The first-order valence-corrected chi connectivity index (χ1v) is 7.46. The molecule has 0 aliphatic carbocycles. The Kier molecular flexibility index (Phi) is 3.83. The van der Waals surface area contributed by atoms with E-state index in [1.165, 1.54) is 6.07 Å². The van der Waals surface area contributed by atoms with Crippen LogP contribution in [0.2, 0.25) is 0 Å². The van der Waals surface area contributed by atoms with Crippen LogP contribution in [0.25, 0.3) is 0 Å². The molecule has 2 heterocycles. The summed E-state index contributed by atoms with van der Waals surface area (Å²) in [7, 11) is 0. The molecular weight excluding hydrogens is 280 g/mol. The Labute approximate surface area is 120 Å². The lowest BCUT2D eigenvalue weighted by molar-refractivity contribution is 0.172. The maximum absolute atomic E-state index is 13.9. The van der Waals surface area contributed by atoms with Gasteiger partial charge in [-0.05, 0) is 47.0 Å². The quantitative estimate of drug-likeness (QED) is 0.939. The Bertz CT molecular complexity index is 588. The molecule has 1 N–H and O–H groups in total. The van der Waals surface area contributed by atoms with E-state index in [0.717, 1.165) is 17.7 Å². The lowest BCUT2D eigenvalue weighted by Crippen LogP contribution is -2.24. The average molecular weight is 295 g/mol. The number of aliphatic hydroxyl groups is 1. The summed E-state index contributed by atoms with van der Waals surface area (Å²) in [4.78, 5) is 2.00. The summed E-state index contributed by atoms with van der Waals surface area (Å²) in [6.07, 6.45) is -0.0638. The monoisotopic (exact) mass is 295 g/mol. The Balaban J connectivity index is 1.87. The van der Waals surface area contributed by atoms with Gasteiger partial charge in [0, 0.05) is 24.7 Å². The van der Waals surface area contributed by atoms with Gasteiger partial charge in [0.2, 0.25) is 0 Å². The molecule has 1 aliphatic heterocycles. The van der Waals surface area contributed by atoms with Crippen molar-refractivity contribution in [1.82, 2.24) is 4.90 Å². The highest BCUT2D eigenvalue weighted by Gasteiger charge is 2.33. The Morgan fingerprint density at radius 1 is 1.30 bits per heavy atom. The van der Waals surface area contributed by atoms with Crippen LogP contribution < -0.4 is 0 Å². The van der Waals surface area contributed by atoms with Crippen molar-refractivity contribution in [2.75, 3.05) is 6.54 Å². The van der Waals surface area contributed by atoms with Gasteiger partial charge < -0.3 is 5.11 Å². The van der Waals surface area contributed by atoms with E-state index in [4.69, 9.17) is 0 Å². The van der Waals surface area contributed by atoms with Gasteiger partial charge in [-0.25, -0.2) is 8.78 Å². The van der Waals surface area contributed by atoms with E-state index in [9.17, 15) is 13.9 Å². The van der Waals surface area contributed by atoms with Crippen molar-refractivity contribution in [3.05, 3.63) is 57.8 Å². The Morgan fingerprint density at radius 3 is 2.90 bits per heavy atom. The summed E-state index contributed by atoms with van der Waals surface area (Å²) >= 11 is 1.60. The second-order valence-electron chi connectivity index (χ2n) is 5.13. The number of likely N-dealkylation sites (tertiary alicyclic amines) is 1. The summed E-state index contributed by atoms with van der Waals surface area (Å²) in [5.74, 6) is -0.862. The third-order valence-electron chi connectivity index (χ3n) is 3.66. The SMILES string of the molecule is OC1CC(c2cc(F)ccc2F)N(Cc2ccsc2)C1. The summed E-state index contributed by atoms with van der Waals surface area (Å²) in [6, 6.07) is 5.24. The highest BCUT2D eigenvalue weighted by Crippen LogP contribution is 2.35. The third-order valence-corrected chi connectivity index (χ3v) is 4.40. The summed E-state index contributed by atoms with van der Waals surface area (Å²) < 4.78 is 27.3. The molecular formula is C15H15F2NOS. The topological polar surface area (TPSA) is 23.5 Å². The number of hydrogen-bond acceptors (Lipinski definition) is 3. The first kappa shape index (κ1) is 13.7. The van der Waals surface area contributed by atoms with E-state index in [1.54, 1.807) is 11.3 Å². The summed E-state index contributed by atoms with van der Waals surface area (Å²) in [5.41, 5.74) is 1.46. The van der Waals surface area contributed by atoms with Gasteiger partial charge in [-0.3, -0.25) is 4.90 Å². The molecule has 5 heteroatoms. The van der Waals surface area contributed by atoms with E-state index < -0.39 is 17.7 Å². The van der Waals surface area contributed by atoms with E-state index >= 15 is 0 Å². The first-order chi connectivity index (χ1) is 9.63. The molecule has 0 radical (unpaired) electrons. The fourth-order valence-corrected chi connectivity index (χ4v) is 3.42. The first-order valence-electron chi connectivity index (χ1n) is 6.51. The zero-order valence-corrected chi connectivity index (χ0v) is 11.6.